The summed E-state index contributed by atoms with van der Waals surface area (Å²) in [6, 6.07) is 8.51. The molecule has 0 saturated heterocycles. The lowest BCUT2D eigenvalue weighted by Gasteiger charge is -2.09. The molecule has 0 aliphatic rings. The molecule has 0 unspecified atom stereocenters. The van der Waals surface area contributed by atoms with Crippen LogP contribution >= 0.6 is 11.6 Å². The third-order valence-electron chi connectivity index (χ3n) is 2.89. The van der Waals surface area contributed by atoms with Crippen LogP contribution in [0.1, 0.15) is 11.3 Å². The Morgan fingerprint density at radius 2 is 2.09 bits per heavy atom. The predicted molar refractivity (Wildman–Crippen MR) is 83.2 cm³/mol. The van der Waals surface area contributed by atoms with Crippen LogP contribution in [0.3, 0.4) is 0 Å². The first-order valence-electron chi connectivity index (χ1n) is 6.88. The zero-order valence-corrected chi connectivity index (χ0v) is 13.3. The summed E-state index contributed by atoms with van der Waals surface area (Å²) in [4.78, 5) is 23.1. The molecular weight excluding hydrogens is 322 g/mol. The average molecular weight is 338 g/mol. The largest absolute Gasteiger partial charge is 0.482 e. The lowest BCUT2D eigenvalue weighted by atomic mass is 10.2. The van der Waals surface area contributed by atoms with E-state index in [0.29, 0.717) is 16.5 Å². The van der Waals surface area contributed by atoms with E-state index in [4.69, 9.17) is 25.5 Å². The maximum atomic E-state index is 11.6. The molecule has 7 heteroatoms. The number of aryl methyl sites for hydroxylation is 1. The third kappa shape index (κ3) is 5.67. The molecule has 0 spiro atoms. The van der Waals surface area contributed by atoms with E-state index in [1.54, 1.807) is 30.3 Å². The molecule has 122 valence electrons. The van der Waals surface area contributed by atoms with Crippen molar-refractivity contribution in [3.63, 3.8) is 0 Å². The van der Waals surface area contributed by atoms with E-state index in [0.717, 1.165) is 5.56 Å². The first-order valence-corrected chi connectivity index (χ1v) is 7.26. The van der Waals surface area contributed by atoms with Gasteiger partial charge >= 0.3 is 5.97 Å². The standard InChI is InChI=1S/C16H16ClNO5/c1-11-7-12(17)4-5-14(11)22-10-16(20)23-9-15(19)18-8-13-3-2-6-21-13/h2-7H,8-10H2,1H3,(H,18,19). The monoisotopic (exact) mass is 337 g/mol. The summed E-state index contributed by atoms with van der Waals surface area (Å²) >= 11 is 5.83. The molecule has 1 aromatic heterocycles. The summed E-state index contributed by atoms with van der Waals surface area (Å²) in [7, 11) is 0. The van der Waals surface area contributed by atoms with E-state index in [2.05, 4.69) is 5.32 Å². The van der Waals surface area contributed by atoms with Crippen LogP contribution in [0.15, 0.2) is 41.0 Å². The Morgan fingerprint density at radius 1 is 1.26 bits per heavy atom. The van der Waals surface area contributed by atoms with Crippen molar-refractivity contribution >= 4 is 23.5 Å². The lowest BCUT2D eigenvalue weighted by Crippen LogP contribution is -2.29. The van der Waals surface area contributed by atoms with Crippen LogP contribution in [-0.2, 0) is 20.9 Å². The quantitative estimate of drug-likeness (QED) is 0.785. The molecule has 1 heterocycles. The average Bonchev–Trinajstić information content (AvgIpc) is 3.03. The first kappa shape index (κ1) is 16.9. The minimum absolute atomic E-state index is 0.240. The molecule has 0 aliphatic heterocycles. The topological polar surface area (TPSA) is 77.8 Å². The summed E-state index contributed by atoms with van der Waals surface area (Å²) in [5.74, 6) is 0.102. The molecule has 0 bridgehead atoms. The smallest absolute Gasteiger partial charge is 0.344 e. The number of esters is 1. The Hall–Kier alpha value is -2.47. The van der Waals surface area contributed by atoms with Crippen LogP contribution in [0.5, 0.6) is 5.75 Å². The van der Waals surface area contributed by atoms with E-state index >= 15 is 0 Å². The van der Waals surface area contributed by atoms with Crippen LogP contribution in [0.25, 0.3) is 0 Å². The molecule has 0 aliphatic carbocycles. The molecule has 1 N–H and O–H groups in total. The Labute approximate surface area is 138 Å². The fourth-order valence-electron chi connectivity index (χ4n) is 1.75. The van der Waals surface area contributed by atoms with Gasteiger partial charge in [0.2, 0.25) is 0 Å². The molecule has 23 heavy (non-hydrogen) atoms. The molecule has 0 fully saturated rings. The van der Waals surface area contributed by atoms with Gasteiger partial charge in [-0.2, -0.15) is 0 Å². The number of halogens is 1. The van der Waals surface area contributed by atoms with Gasteiger partial charge in [0, 0.05) is 5.02 Å². The van der Waals surface area contributed by atoms with E-state index in [1.807, 2.05) is 6.92 Å². The lowest BCUT2D eigenvalue weighted by molar-refractivity contribution is -0.150. The number of nitrogens with one attached hydrogen (secondary N) is 1. The maximum absolute atomic E-state index is 11.6. The summed E-state index contributed by atoms with van der Waals surface area (Å²) in [5.41, 5.74) is 0.807. The molecule has 1 aromatic carbocycles. The number of amides is 1. The molecule has 0 radical (unpaired) electrons. The summed E-state index contributed by atoms with van der Waals surface area (Å²) in [5, 5.41) is 3.15. The number of hydrogen-bond acceptors (Lipinski definition) is 5. The van der Waals surface area contributed by atoms with Gasteiger partial charge in [0.15, 0.2) is 13.2 Å². The highest BCUT2D eigenvalue weighted by Gasteiger charge is 2.10. The van der Waals surface area contributed by atoms with Crippen molar-refractivity contribution in [3.05, 3.63) is 52.9 Å². The number of carbonyl (C=O) groups is 2. The fraction of sp³-hybridized carbons (Fsp3) is 0.250. The fourth-order valence-corrected chi connectivity index (χ4v) is 1.98. The number of rotatable bonds is 7. The van der Waals surface area contributed by atoms with E-state index in [1.165, 1.54) is 6.26 Å². The second-order valence-electron chi connectivity index (χ2n) is 4.72. The van der Waals surface area contributed by atoms with E-state index < -0.39 is 11.9 Å². The minimum atomic E-state index is -0.632. The van der Waals surface area contributed by atoms with E-state index in [9.17, 15) is 9.59 Å². The SMILES string of the molecule is Cc1cc(Cl)ccc1OCC(=O)OCC(=O)NCc1ccco1. The van der Waals surface area contributed by atoms with Gasteiger partial charge in [-0.1, -0.05) is 11.6 Å². The number of furan rings is 1. The second-order valence-corrected chi connectivity index (χ2v) is 5.15. The van der Waals surface area contributed by atoms with Gasteiger partial charge in [0.05, 0.1) is 12.8 Å². The normalized spacial score (nSPS) is 10.2. The third-order valence-corrected chi connectivity index (χ3v) is 3.12. The highest BCUT2D eigenvalue weighted by atomic mass is 35.5. The van der Waals surface area contributed by atoms with Gasteiger partial charge in [0.25, 0.3) is 5.91 Å². The number of carbonyl (C=O) groups excluding carboxylic acids is 2. The van der Waals surface area contributed by atoms with E-state index in [-0.39, 0.29) is 19.8 Å². The highest BCUT2D eigenvalue weighted by molar-refractivity contribution is 6.30. The summed E-state index contributed by atoms with van der Waals surface area (Å²) in [6.07, 6.45) is 1.51. The number of hydrogen-bond donors (Lipinski definition) is 1. The van der Waals surface area contributed by atoms with Gasteiger partial charge < -0.3 is 19.2 Å². The highest BCUT2D eigenvalue weighted by Crippen LogP contribution is 2.21. The maximum Gasteiger partial charge on any atom is 0.344 e. The van der Waals surface area contributed by atoms with Crippen LogP contribution in [0.2, 0.25) is 5.02 Å². The van der Waals surface area contributed by atoms with Crippen LogP contribution in [0, 0.1) is 6.92 Å². The zero-order chi connectivity index (χ0) is 16.7. The van der Waals surface area contributed by atoms with Crippen molar-refractivity contribution < 1.29 is 23.5 Å². The predicted octanol–water partition coefficient (Wildman–Crippen LogP) is 2.48. The van der Waals surface area contributed by atoms with Gasteiger partial charge in [-0.15, -0.1) is 0 Å². The summed E-state index contributed by atoms with van der Waals surface area (Å²) in [6.45, 7) is 1.40. The number of ether oxygens (including phenoxy) is 2. The van der Waals surface area contributed by atoms with Gasteiger partial charge in [-0.05, 0) is 42.8 Å². The minimum Gasteiger partial charge on any atom is -0.482 e. The Morgan fingerprint density at radius 3 is 2.78 bits per heavy atom. The number of benzene rings is 1. The van der Waals surface area contributed by atoms with Gasteiger partial charge in [-0.3, -0.25) is 4.79 Å². The van der Waals surface area contributed by atoms with Gasteiger partial charge in [0.1, 0.15) is 11.5 Å². The van der Waals surface area contributed by atoms with Crippen molar-refractivity contribution in [1.82, 2.24) is 5.32 Å². The van der Waals surface area contributed by atoms with Crippen molar-refractivity contribution in [2.24, 2.45) is 0 Å². The van der Waals surface area contributed by atoms with Crippen molar-refractivity contribution in [1.29, 1.82) is 0 Å². The molecule has 0 saturated carbocycles. The zero-order valence-electron chi connectivity index (χ0n) is 12.5. The molecule has 0 atom stereocenters. The van der Waals surface area contributed by atoms with Gasteiger partial charge in [-0.25, -0.2) is 4.79 Å². The molecular formula is C16H16ClNO5. The molecule has 2 aromatic rings. The van der Waals surface area contributed by atoms with Crippen LogP contribution in [-0.4, -0.2) is 25.1 Å². The molecule has 1 amide bonds. The van der Waals surface area contributed by atoms with Crippen LogP contribution < -0.4 is 10.1 Å². The Balaban J connectivity index is 1.67. The van der Waals surface area contributed by atoms with Crippen LogP contribution in [0.4, 0.5) is 0 Å². The Kier molecular flexibility index (Phi) is 6.05. The Bertz CT molecular complexity index is 669. The molecule has 2 rings (SSSR count). The molecule has 6 nitrogen and oxygen atoms in total. The first-order chi connectivity index (χ1) is 11.0. The van der Waals surface area contributed by atoms with Crippen molar-refractivity contribution in [3.8, 4) is 5.75 Å². The van der Waals surface area contributed by atoms with Crippen molar-refractivity contribution in [2.45, 2.75) is 13.5 Å². The van der Waals surface area contributed by atoms with Crippen molar-refractivity contribution in [2.75, 3.05) is 13.2 Å². The second kappa shape index (κ2) is 8.24. The summed E-state index contributed by atoms with van der Waals surface area (Å²) < 4.78 is 15.2.